The van der Waals surface area contributed by atoms with Crippen molar-refractivity contribution in [3.63, 3.8) is 0 Å². The van der Waals surface area contributed by atoms with E-state index in [4.69, 9.17) is 4.74 Å². The molecule has 0 unspecified atom stereocenters. The van der Waals surface area contributed by atoms with E-state index in [0.29, 0.717) is 0 Å². The Bertz CT molecular complexity index is 255. The Hall–Kier alpha value is -1.10. The van der Waals surface area contributed by atoms with Crippen LogP contribution < -0.4 is 4.90 Å². The van der Waals surface area contributed by atoms with Crippen LogP contribution in [0.5, 0.6) is 0 Å². The molecule has 1 aromatic rings. The Morgan fingerprint density at radius 3 is 2.58 bits per heavy atom. The summed E-state index contributed by atoms with van der Waals surface area (Å²) in [5, 5.41) is 7.55. The van der Waals surface area contributed by atoms with Crippen LogP contribution in [0.2, 0.25) is 0 Å². The lowest BCUT2D eigenvalue weighted by molar-refractivity contribution is 0.122. The standard InChI is InChI=1S/C7H11N3O2/c1-6-7(9-12-8-6)10-2-4-11-5-3-10/h2-5H2,1H3. The molecule has 1 aliphatic rings. The van der Waals surface area contributed by atoms with Crippen molar-refractivity contribution < 1.29 is 9.37 Å². The molecule has 1 aliphatic heterocycles. The van der Waals surface area contributed by atoms with Gasteiger partial charge in [-0.3, -0.25) is 0 Å². The van der Waals surface area contributed by atoms with Crippen LogP contribution in [-0.4, -0.2) is 36.6 Å². The van der Waals surface area contributed by atoms with Gasteiger partial charge < -0.3 is 9.64 Å². The van der Waals surface area contributed by atoms with Crippen molar-refractivity contribution in [1.82, 2.24) is 10.3 Å². The minimum Gasteiger partial charge on any atom is -0.378 e. The summed E-state index contributed by atoms with van der Waals surface area (Å²) in [4.78, 5) is 2.12. The second-order valence-electron chi connectivity index (χ2n) is 2.77. The molecule has 0 aromatic carbocycles. The van der Waals surface area contributed by atoms with Crippen LogP contribution in [0.3, 0.4) is 0 Å². The van der Waals surface area contributed by atoms with Gasteiger partial charge in [-0.25, -0.2) is 4.63 Å². The molecule has 1 fully saturated rings. The van der Waals surface area contributed by atoms with Crippen LogP contribution >= 0.6 is 0 Å². The zero-order valence-corrected chi connectivity index (χ0v) is 6.99. The molecular formula is C7H11N3O2. The fourth-order valence-electron chi connectivity index (χ4n) is 1.29. The van der Waals surface area contributed by atoms with Crippen molar-refractivity contribution in [3.05, 3.63) is 5.69 Å². The van der Waals surface area contributed by atoms with Gasteiger partial charge in [0.1, 0.15) is 5.69 Å². The first-order chi connectivity index (χ1) is 5.88. The second kappa shape index (κ2) is 3.10. The highest BCUT2D eigenvalue weighted by molar-refractivity contribution is 5.40. The maximum absolute atomic E-state index is 5.22. The number of hydrogen-bond donors (Lipinski definition) is 0. The number of aryl methyl sites for hydroxylation is 1. The van der Waals surface area contributed by atoms with Gasteiger partial charge in [0.25, 0.3) is 0 Å². The van der Waals surface area contributed by atoms with Gasteiger partial charge in [0.2, 0.25) is 0 Å². The molecule has 0 saturated carbocycles. The smallest absolute Gasteiger partial charge is 0.196 e. The summed E-state index contributed by atoms with van der Waals surface area (Å²) >= 11 is 0. The number of anilines is 1. The number of ether oxygens (including phenoxy) is 1. The average molecular weight is 169 g/mol. The number of rotatable bonds is 1. The summed E-state index contributed by atoms with van der Waals surface area (Å²) < 4.78 is 9.83. The van der Waals surface area contributed by atoms with Gasteiger partial charge in [-0.05, 0) is 12.1 Å². The van der Waals surface area contributed by atoms with Gasteiger partial charge in [-0.2, -0.15) is 0 Å². The molecule has 0 atom stereocenters. The van der Waals surface area contributed by atoms with Crippen LogP contribution in [0, 0.1) is 6.92 Å². The van der Waals surface area contributed by atoms with E-state index in [1.54, 1.807) is 0 Å². The highest BCUT2D eigenvalue weighted by Gasteiger charge is 2.16. The van der Waals surface area contributed by atoms with Crippen LogP contribution in [0.1, 0.15) is 5.69 Å². The summed E-state index contributed by atoms with van der Waals surface area (Å²) in [5.41, 5.74) is 0.844. The van der Waals surface area contributed by atoms with Gasteiger partial charge in [0.05, 0.1) is 13.2 Å². The largest absolute Gasteiger partial charge is 0.378 e. The molecule has 0 spiro atoms. The summed E-state index contributed by atoms with van der Waals surface area (Å²) in [6.45, 7) is 5.14. The number of morpholine rings is 1. The molecule has 0 radical (unpaired) electrons. The van der Waals surface area contributed by atoms with Gasteiger partial charge >= 0.3 is 0 Å². The van der Waals surface area contributed by atoms with E-state index in [0.717, 1.165) is 37.8 Å². The zero-order valence-electron chi connectivity index (χ0n) is 6.99. The third-order valence-corrected chi connectivity index (χ3v) is 1.94. The lowest BCUT2D eigenvalue weighted by Gasteiger charge is -2.26. The topological polar surface area (TPSA) is 51.4 Å². The predicted molar refractivity (Wildman–Crippen MR) is 42.1 cm³/mol. The van der Waals surface area contributed by atoms with E-state index in [-0.39, 0.29) is 0 Å². The molecule has 0 aliphatic carbocycles. The fraction of sp³-hybridized carbons (Fsp3) is 0.714. The van der Waals surface area contributed by atoms with Gasteiger partial charge in [0.15, 0.2) is 5.82 Å². The molecular weight excluding hydrogens is 158 g/mol. The maximum atomic E-state index is 5.22. The predicted octanol–water partition coefficient (Wildman–Crippen LogP) is 0.215. The summed E-state index contributed by atoms with van der Waals surface area (Å²) in [6, 6.07) is 0. The number of aromatic nitrogens is 2. The van der Waals surface area contributed by atoms with E-state index in [1.165, 1.54) is 0 Å². The molecule has 2 rings (SSSR count). The first-order valence-corrected chi connectivity index (χ1v) is 4.00. The van der Waals surface area contributed by atoms with Crippen LogP contribution in [0.15, 0.2) is 4.63 Å². The number of hydrogen-bond acceptors (Lipinski definition) is 5. The normalized spacial score (nSPS) is 18.2. The van der Waals surface area contributed by atoms with Crippen LogP contribution in [0.25, 0.3) is 0 Å². The minimum absolute atomic E-state index is 0.756. The molecule has 1 saturated heterocycles. The average Bonchev–Trinajstić information content (AvgIpc) is 2.53. The first kappa shape index (κ1) is 7.54. The Labute approximate surface area is 70.3 Å². The third-order valence-electron chi connectivity index (χ3n) is 1.94. The van der Waals surface area contributed by atoms with Crippen molar-refractivity contribution in [2.45, 2.75) is 6.92 Å². The van der Waals surface area contributed by atoms with Crippen molar-refractivity contribution in [2.24, 2.45) is 0 Å². The van der Waals surface area contributed by atoms with E-state index < -0.39 is 0 Å². The van der Waals surface area contributed by atoms with Crippen LogP contribution in [0.4, 0.5) is 5.82 Å². The molecule has 12 heavy (non-hydrogen) atoms. The zero-order chi connectivity index (χ0) is 8.39. The summed E-state index contributed by atoms with van der Waals surface area (Å²) in [5.74, 6) is 0.846. The highest BCUT2D eigenvalue weighted by atomic mass is 16.6. The molecule has 66 valence electrons. The Morgan fingerprint density at radius 2 is 2.00 bits per heavy atom. The van der Waals surface area contributed by atoms with E-state index in [9.17, 15) is 0 Å². The van der Waals surface area contributed by atoms with E-state index in [1.807, 2.05) is 6.92 Å². The Morgan fingerprint density at radius 1 is 1.25 bits per heavy atom. The Balaban J connectivity index is 2.13. The van der Waals surface area contributed by atoms with E-state index >= 15 is 0 Å². The molecule has 2 heterocycles. The maximum Gasteiger partial charge on any atom is 0.196 e. The lowest BCUT2D eigenvalue weighted by Crippen LogP contribution is -2.36. The molecule has 5 heteroatoms. The quantitative estimate of drug-likeness (QED) is 0.601. The van der Waals surface area contributed by atoms with Gasteiger partial charge in [-0.15, -0.1) is 0 Å². The van der Waals surface area contributed by atoms with Crippen molar-refractivity contribution >= 4 is 5.82 Å². The van der Waals surface area contributed by atoms with Crippen molar-refractivity contribution in [3.8, 4) is 0 Å². The molecule has 5 nitrogen and oxygen atoms in total. The molecule has 0 bridgehead atoms. The first-order valence-electron chi connectivity index (χ1n) is 4.00. The lowest BCUT2D eigenvalue weighted by atomic mass is 10.4. The molecule has 0 amide bonds. The van der Waals surface area contributed by atoms with Gasteiger partial charge in [0, 0.05) is 13.1 Å². The molecule has 0 N–H and O–H groups in total. The SMILES string of the molecule is Cc1nonc1N1CCOCC1. The van der Waals surface area contributed by atoms with Crippen molar-refractivity contribution in [1.29, 1.82) is 0 Å². The summed E-state index contributed by atoms with van der Waals surface area (Å²) in [7, 11) is 0. The second-order valence-corrected chi connectivity index (χ2v) is 2.77. The van der Waals surface area contributed by atoms with Crippen LogP contribution in [-0.2, 0) is 4.74 Å². The van der Waals surface area contributed by atoms with Gasteiger partial charge in [-0.1, -0.05) is 5.16 Å². The Kier molecular flexibility index (Phi) is 1.95. The third kappa shape index (κ3) is 1.27. The van der Waals surface area contributed by atoms with E-state index in [2.05, 4.69) is 19.8 Å². The highest BCUT2D eigenvalue weighted by Crippen LogP contribution is 2.15. The molecule has 1 aromatic heterocycles. The number of nitrogens with zero attached hydrogens (tertiary/aromatic N) is 3. The fourth-order valence-corrected chi connectivity index (χ4v) is 1.29. The minimum atomic E-state index is 0.756. The van der Waals surface area contributed by atoms with Crippen molar-refractivity contribution in [2.75, 3.05) is 31.2 Å². The monoisotopic (exact) mass is 169 g/mol. The summed E-state index contributed by atoms with van der Waals surface area (Å²) in [6.07, 6.45) is 0.